The van der Waals surface area contributed by atoms with E-state index in [2.05, 4.69) is 36.5 Å². The highest BCUT2D eigenvalue weighted by Crippen LogP contribution is 2.11. The van der Waals surface area contributed by atoms with Crippen molar-refractivity contribution < 1.29 is 0 Å². The van der Waals surface area contributed by atoms with Crippen LogP contribution in [0.15, 0.2) is 12.4 Å². The third kappa shape index (κ3) is 1.82. The van der Waals surface area contributed by atoms with E-state index in [9.17, 15) is 0 Å². The van der Waals surface area contributed by atoms with Gasteiger partial charge < -0.3 is 4.57 Å². The van der Waals surface area contributed by atoms with Gasteiger partial charge >= 0.3 is 0 Å². The molecule has 11 heavy (non-hydrogen) atoms. The van der Waals surface area contributed by atoms with Crippen LogP contribution in [0.2, 0.25) is 0 Å². The highest BCUT2D eigenvalue weighted by atomic mass is 15.1. The Hall–Kier alpha value is -0.790. The molecule has 1 aromatic heterocycles. The average Bonchev–Trinajstić information content (AvgIpc) is 2.36. The molecule has 0 aliphatic carbocycles. The lowest BCUT2D eigenvalue weighted by Gasteiger charge is -2.07. The molecule has 2 heteroatoms. The first-order valence-corrected chi connectivity index (χ1v) is 4.26. The molecular weight excluding hydrogens is 136 g/mol. The zero-order valence-corrected chi connectivity index (χ0v) is 7.54. The number of rotatable bonds is 3. The van der Waals surface area contributed by atoms with Gasteiger partial charge in [-0.05, 0) is 6.42 Å². The second-order valence-electron chi connectivity index (χ2n) is 3.13. The quantitative estimate of drug-likeness (QED) is 0.650. The molecule has 0 fully saturated rings. The molecule has 0 unspecified atom stereocenters. The smallest absolute Gasteiger partial charge is 0.111 e. The van der Waals surface area contributed by atoms with Crippen LogP contribution in [0.4, 0.5) is 0 Å². The van der Waals surface area contributed by atoms with E-state index in [-0.39, 0.29) is 0 Å². The van der Waals surface area contributed by atoms with Crippen LogP contribution in [-0.4, -0.2) is 9.55 Å². The van der Waals surface area contributed by atoms with E-state index in [0.29, 0.717) is 5.92 Å². The van der Waals surface area contributed by atoms with E-state index in [0.717, 1.165) is 6.54 Å². The maximum Gasteiger partial charge on any atom is 0.111 e. The first-order chi connectivity index (χ1) is 5.25. The second kappa shape index (κ2) is 3.56. The van der Waals surface area contributed by atoms with Crippen LogP contribution >= 0.6 is 0 Å². The molecule has 1 rings (SSSR count). The van der Waals surface area contributed by atoms with Gasteiger partial charge in [0.1, 0.15) is 5.82 Å². The molecule has 62 valence electrons. The van der Waals surface area contributed by atoms with Crippen molar-refractivity contribution >= 4 is 0 Å². The number of nitrogens with zero attached hydrogens (tertiary/aromatic N) is 2. The van der Waals surface area contributed by atoms with Crippen molar-refractivity contribution in [3.63, 3.8) is 0 Å². The minimum Gasteiger partial charge on any atom is -0.335 e. The fourth-order valence-corrected chi connectivity index (χ4v) is 1.25. The standard InChI is InChI=1S/C9H16N2/c1-4-6-11-7-5-10-9(11)8(2)3/h5,7-8H,4,6H2,1-3H3. The highest BCUT2D eigenvalue weighted by molar-refractivity contribution is 4.97. The predicted octanol–water partition coefficient (Wildman–Crippen LogP) is 2.42. The molecule has 0 aliphatic heterocycles. The number of aryl methyl sites for hydroxylation is 1. The summed E-state index contributed by atoms with van der Waals surface area (Å²) in [5, 5.41) is 0. The summed E-state index contributed by atoms with van der Waals surface area (Å²) in [7, 11) is 0. The summed E-state index contributed by atoms with van der Waals surface area (Å²) in [6, 6.07) is 0. The molecule has 0 bridgehead atoms. The van der Waals surface area contributed by atoms with E-state index < -0.39 is 0 Å². The van der Waals surface area contributed by atoms with Crippen molar-refractivity contribution in [3.8, 4) is 0 Å². The van der Waals surface area contributed by atoms with E-state index in [1.54, 1.807) is 0 Å². The Morgan fingerprint density at radius 2 is 2.27 bits per heavy atom. The Morgan fingerprint density at radius 1 is 1.55 bits per heavy atom. The van der Waals surface area contributed by atoms with Gasteiger partial charge in [-0.25, -0.2) is 4.98 Å². The average molecular weight is 152 g/mol. The van der Waals surface area contributed by atoms with Gasteiger partial charge in [0, 0.05) is 24.9 Å². The SMILES string of the molecule is CCCn1ccnc1C(C)C. The molecule has 0 spiro atoms. The van der Waals surface area contributed by atoms with Crippen molar-refractivity contribution in [3.05, 3.63) is 18.2 Å². The monoisotopic (exact) mass is 152 g/mol. The van der Waals surface area contributed by atoms with Crippen molar-refractivity contribution in [2.45, 2.75) is 39.7 Å². The Morgan fingerprint density at radius 3 is 2.82 bits per heavy atom. The Labute approximate surface area is 68.3 Å². The summed E-state index contributed by atoms with van der Waals surface area (Å²) < 4.78 is 2.23. The van der Waals surface area contributed by atoms with E-state index in [1.807, 2.05) is 6.20 Å². The molecule has 0 amide bonds. The molecule has 0 aromatic carbocycles. The molecule has 0 N–H and O–H groups in total. The van der Waals surface area contributed by atoms with Gasteiger partial charge in [0.2, 0.25) is 0 Å². The summed E-state index contributed by atoms with van der Waals surface area (Å²) in [5.74, 6) is 1.74. The van der Waals surface area contributed by atoms with E-state index in [1.165, 1.54) is 12.2 Å². The zero-order valence-electron chi connectivity index (χ0n) is 7.54. The lowest BCUT2D eigenvalue weighted by atomic mass is 10.2. The molecular formula is C9H16N2. The molecule has 0 saturated heterocycles. The van der Waals surface area contributed by atoms with Gasteiger partial charge in [-0.3, -0.25) is 0 Å². The maximum atomic E-state index is 4.30. The van der Waals surface area contributed by atoms with Crippen molar-refractivity contribution in [2.75, 3.05) is 0 Å². The van der Waals surface area contributed by atoms with Gasteiger partial charge in [0.15, 0.2) is 0 Å². The van der Waals surface area contributed by atoms with E-state index >= 15 is 0 Å². The molecule has 0 atom stereocenters. The third-order valence-corrected chi connectivity index (χ3v) is 1.73. The van der Waals surface area contributed by atoms with Crippen molar-refractivity contribution in [1.29, 1.82) is 0 Å². The van der Waals surface area contributed by atoms with E-state index in [4.69, 9.17) is 0 Å². The summed E-state index contributed by atoms with van der Waals surface area (Å²) in [6.07, 6.45) is 5.11. The molecule has 1 heterocycles. The van der Waals surface area contributed by atoms with Crippen LogP contribution in [0.25, 0.3) is 0 Å². The summed E-state index contributed by atoms with van der Waals surface area (Å²) in [6.45, 7) is 7.63. The van der Waals surface area contributed by atoms with Crippen molar-refractivity contribution in [2.24, 2.45) is 0 Å². The normalized spacial score (nSPS) is 10.9. The minimum absolute atomic E-state index is 0.538. The first-order valence-electron chi connectivity index (χ1n) is 4.26. The highest BCUT2D eigenvalue weighted by Gasteiger charge is 2.04. The Bertz CT molecular complexity index is 213. The van der Waals surface area contributed by atoms with Gasteiger partial charge in [0.05, 0.1) is 0 Å². The number of hydrogen-bond donors (Lipinski definition) is 0. The molecule has 1 aromatic rings. The molecule has 0 aliphatic rings. The summed E-state index contributed by atoms with van der Waals surface area (Å²) >= 11 is 0. The first kappa shape index (κ1) is 8.31. The molecule has 2 nitrogen and oxygen atoms in total. The second-order valence-corrected chi connectivity index (χ2v) is 3.13. The van der Waals surface area contributed by atoms with Gasteiger partial charge in [-0.2, -0.15) is 0 Å². The topological polar surface area (TPSA) is 17.8 Å². The molecule has 0 radical (unpaired) electrons. The summed E-state index contributed by atoms with van der Waals surface area (Å²) in [4.78, 5) is 4.30. The van der Waals surface area contributed by atoms with Crippen LogP contribution in [0.3, 0.4) is 0 Å². The Kier molecular flexibility index (Phi) is 2.69. The zero-order chi connectivity index (χ0) is 8.27. The summed E-state index contributed by atoms with van der Waals surface area (Å²) in [5.41, 5.74) is 0. The number of hydrogen-bond acceptors (Lipinski definition) is 1. The fraction of sp³-hybridized carbons (Fsp3) is 0.667. The van der Waals surface area contributed by atoms with Crippen LogP contribution in [0.5, 0.6) is 0 Å². The Balaban J connectivity index is 2.78. The van der Waals surface area contributed by atoms with Crippen LogP contribution < -0.4 is 0 Å². The lowest BCUT2D eigenvalue weighted by Crippen LogP contribution is -2.03. The van der Waals surface area contributed by atoms with Crippen LogP contribution in [0, 0.1) is 0 Å². The van der Waals surface area contributed by atoms with Crippen molar-refractivity contribution in [1.82, 2.24) is 9.55 Å². The lowest BCUT2D eigenvalue weighted by molar-refractivity contribution is 0.610. The third-order valence-electron chi connectivity index (χ3n) is 1.73. The maximum absolute atomic E-state index is 4.30. The largest absolute Gasteiger partial charge is 0.335 e. The number of imidazole rings is 1. The van der Waals surface area contributed by atoms with Crippen LogP contribution in [0.1, 0.15) is 38.9 Å². The van der Waals surface area contributed by atoms with Gasteiger partial charge in [0.25, 0.3) is 0 Å². The predicted molar refractivity (Wildman–Crippen MR) is 46.6 cm³/mol. The van der Waals surface area contributed by atoms with Gasteiger partial charge in [-0.15, -0.1) is 0 Å². The fourth-order valence-electron chi connectivity index (χ4n) is 1.25. The van der Waals surface area contributed by atoms with Gasteiger partial charge in [-0.1, -0.05) is 20.8 Å². The molecule has 0 saturated carbocycles. The van der Waals surface area contributed by atoms with Crippen LogP contribution in [-0.2, 0) is 6.54 Å². The minimum atomic E-state index is 0.538. The number of aromatic nitrogens is 2.